The Morgan fingerprint density at radius 2 is 1.07 bits per heavy atom. The first-order valence-corrected chi connectivity index (χ1v) is 13.3. The minimum Gasteiger partial charge on any atom is -0.277 e. The van der Waals surface area contributed by atoms with Crippen LogP contribution in [0, 0.1) is 0 Å². The van der Waals surface area contributed by atoms with Crippen LogP contribution in [0.15, 0.2) is 140 Å². The van der Waals surface area contributed by atoms with E-state index in [1.54, 1.807) is 0 Å². The standard InChI is InChI=1S/C35H23N5/c1-4-12-24(13-5-1)30-22-31(25-14-6-2-7-15-25)38-35(37-30)39-32-19-11-10-18-27(32)28-20-21-33-29(34(28)39)23-36-40(33)26-16-8-3-9-17-26/h1-23H. The molecule has 3 heterocycles. The molecule has 0 bridgehead atoms. The average molecular weight is 514 g/mol. The summed E-state index contributed by atoms with van der Waals surface area (Å²) >= 11 is 0. The van der Waals surface area contributed by atoms with Gasteiger partial charge in [0.25, 0.3) is 0 Å². The van der Waals surface area contributed by atoms with Crippen molar-refractivity contribution in [2.75, 3.05) is 0 Å². The molecule has 0 radical (unpaired) electrons. The summed E-state index contributed by atoms with van der Waals surface area (Å²) in [7, 11) is 0. The van der Waals surface area contributed by atoms with Crippen LogP contribution in [0.2, 0.25) is 0 Å². The molecule has 0 fully saturated rings. The molecule has 8 rings (SSSR count). The van der Waals surface area contributed by atoms with Crippen molar-refractivity contribution in [3.05, 3.63) is 140 Å². The zero-order valence-electron chi connectivity index (χ0n) is 21.5. The summed E-state index contributed by atoms with van der Waals surface area (Å²) in [6, 6.07) is 45.7. The molecule has 0 atom stereocenters. The van der Waals surface area contributed by atoms with Crippen LogP contribution in [0.5, 0.6) is 0 Å². The number of hydrogen-bond donors (Lipinski definition) is 0. The zero-order chi connectivity index (χ0) is 26.5. The second kappa shape index (κ2) is 9.03. The van der Waals surface area contributed by atoms with Crippen molar-refractivity contribution in [3.8, 4) is 34.2 Å². The zero-order valence-corrected chi connectivity index (χ0v) is 21.5. The van der Waals surface area contributed by atoms with E-state index in [9.17, 15) is 0 Å². The highest BCUT2D eigenvalue weighted by Gasteiger charge is 2.20. The van der Waals surface area contributed by atoms with Crippen LogP contribution in [0.3, 0.4) is 0 Å². The third-order valence-electron chi connectivity index (χ3n) is 7.44. The lowest BCUT2D eigenvalue weighted by molar-refractivity contribution is 0.911. The van der Waals surface area contributed by atoms with Gasteiger partial charge in [0, 0.05) is 27.3 Å². The first-order valence-electron chi connectivity index (χ1n) is 13.3. The summed E-state index contributed by atoms with van der Waals surface area (Å²) in [6.45, 7) is 0. The number of aromatic nitrogens is 5. The molecule has 5 aromatic carbocycles. The van der Waals surface area contributed by atoms with E-state index >= 15 is 0 Å². The van der Waals surface area contributed by atoms with Gasteiger partial charge in [-0.05, 0) is 36.4 Å². The molecule has 40 heavy (non-hydrogen) atoms. The van der Waals surface area contributed by atoms with Crippen LogP contribution >= 0.6 is 0 Å². The van der Waals surface area contributed by atoms with Crippen molar-refractivity contribution in [2.45, 2.75) is 0 Å². The van der Waals surface area contributed by atoms with Crippen LogP contribution in [0.1, 0.15) is 0 Å². The highest BCUT2D eigenvalue weighted by Crippen LogP contribution is 2.37. The van der Waals surface area contributed by atoms with Gasteiger partial charge in [-0.3, -0.25) is 4.57 Å². The van der Waals surface area contributed by atoms with Crippen molar-refractivity contribution < 1.29 is 0 Å². The van der Waals surface area contributed by atoms with E-state index in [-0.39, 0.29) is 0 Å². The molecule has 0 aliphatic heterocycles. The monoisotopic (exact) mass is 513 g/mol. The lowest BCUT2D eigenvalue weighted by Crippen LogP contribution is -2.04. The van der Waals surface area contributed by atoms with Crippen molar-refractivity contribution >= 4 is 32.7 Å². The van der Waals surface area contributed by atoms with Gasteiger partial charge < -0.3 is 0 Å². The number of benzene rings is 5. The second-order valence-corrected chi connectivity index (χ2v) is 9.81. The Hall–Kier alpha value is -5.55. The first-order chi connectivity index (χ1) is 19.8. The third kappa shape index (κ3) is 3.52. The molecular weight excluding hydrogens is 490 g/mol. The SMILES string of the molecule is c1ccc(-c2cc(-c3ccccc3)nc(-n3c4ccccc4c4ccc5c(cnn5-c5ccccc5)c43)n2)cc1. The molecule has 5 nitrogen and oxygen atoms in total. The van der Waals surface area contributed by atoms with Crippen LogP contribution in [-0.2, 0) is 0 Å². The number of para-hydroxylation sites is 2. The summed E-state index contributed by atoms with van der Waals surface area (Å²) < 4.78 is 4.19. The molecule has 0 saturated heterocycles. The maximum absolute atomic E-state index is 5.17. The van der Waals surface area contributed by atoms with E-state index in [2.05, 4.69) is 83.4 Å². The molecule has 0 aliphatic rings. The van der Waals surface area contributed by atoms with Gasteiger partial charge in [0.1, 0.15) is 0 Å². The largest absolute Gasteiger partial charge is 0.277 e. The number of fused-ring (bicyclic) bond motifs is 5. The fourth-order valence-electron chi connectivity index (χ4n) is 5.59. The Balaban J connectivity index is 1.48. The van der Waals surface area contributed by atoms with Crippen molar-refractivity contribution in [1.82, 2.24) is 24.3 Å². The highest BCUT2D eigenvalue weighted by molar-refractivity contribution is 6.18. The number of nitrogens with zero attached hydrogens (tertiary/aromatic N) is 5. The Labute approximate surface area is 230 Å². The Morgan fingerprint density at radius 3 is 1.75 bits per heavy atom. The number of hydrogen-bond acceptors (Lipinski definition) is 3. The Morgan fingerprint density at radius 1 is 0.475 bits per heavy atom. The molecule has 0 amide bonds. The van der Waals surface area contributed by atoms with Crippen LogP contribution in [0.25, 0.3) is 66.9 Å². The number of rotatable bonds is 4. The molecular formula is C35H23N5. The van der Waals surface area contributed by atoms with Crippen LogP contribution in [0.4, 0.5) is 0 Å². The molecule has 0 spiro atoms. The predicted octanol–water partition coefficient (Wildman–Crippen LogP) is 8.25. The normalized spacial score (nSPS) is 11.5. The van der Waals surface area contributed by atoms with Gasteiger partial charge in [-0.1, -0.05) is 97.1 Å². The molecule has 8 aromatic rings. The van der Waals surface area contributed by atoms with Crippen LogP contribution < -0.4 is 0 Å². The quantitative estimate of drug-likeness (QED) is 0.238. The van der Waals surface area contributed by atoms with Gasteiger partial charge in [-0.2, -0.15) is 5.10 Å². The van der Waals surface area contributed by atoms with E-state index in [0.717, 1.165) is 60.9 Å². The molecule has 188 valence electrons. The average Bonchev–Trinajstić information content (AvgIpc) is 3.62. The lowest BCUT2D eigenvalue weighted by atomic mass is 10.1. The van der Waals surface area contributed by atoms with Gasteiger partial charge in [-0.15, -0.1) is 0 Å². The highest BCUT2D eigenvalue weighted by atomic mass is 15.3. The fraction of sp³-hybridized carbons (Fsp3) is 0. The van der Waals surface area contributed by atoms with Gasteiger partial charge in [0.05, 0.1) is 39.8 Å². The summed E-state index contributed by atoms with van der Waals surface area (Å²) in [5.74, 6) is 0.631. The molecule has 3 aromatic heterocycles. The minimum atomic E-state index is 0.631. The van der Waals surface area contributed by atoms with E-state index in [4.69, 9.17) is 15.1 Å². The van der Waals surface area contributed by atoms with Gasteiger partial charge >= 0.3 is 0 Å². The smallest absolute Gasteiger partial charge is 0.235 e. The first kappa shape index (κ1) is 22.4. The van der Waals surface area contributed by atoms with E-state index in [0.29, 0.717) is 5.95 Å². The van der Waals surface area contributed by atoms with Gasteiger partial charge in [-0.25, -0.2) is 14.6 Å². The summed E-state index contributed by atoms with van der Waals surface area (Å²) in [5, 5.41) is 8.16. The van der Waals surface area contributed by atoms with E-state index in [1.165, 1.54) is 0 Å². The lowest BCUT2D eigenvalue weighted by Gasteiger charge is -2.12. The van der Waals surface area contributed by atoms with Gasteiger partial charge in [0.15, 0.2) is 0 Å². The Kier molecular flexibility index (Phi) is 5.07. The molecule has 0 aliphatic carbocycles. The van der Waals surface area contributed by atoms with Crippen molar-refractivity contribution in [1.29, 1.82) is 0 Å². The van der Waals surface area contributed by atoms with E-state index < -0.39 is 0 Å². The van der Waals surface area contributed by atoms with Crippen molar-refractivity contribution in [2.24, 2.45) is 0 Å². The maximum atomic E-state index is 5.17. The molecule has 0 unspecified atom stereocenters. The van der Waals surface area contributed by atoms with Crippen LogP contribution in [-0.4, -0.2) is 24.3 Å². The van der Waals surface area contributed by atoms with Gasteiger partial charge in [0.2, 0.25) is 5.95 Å². The maximum Gasteiger partial charge on any atom is 0.235 e. The molecule has 5 heteroatoms. The molecule has 0 saturated carbocycles. The van der Waals surface area contributed by atoms with E-state index in [1.807, 2.05) is 65.5 Å². The summed E-state index contributed by atoms with van der Waals surface area (Å²) in [6.07, 6.45) is 1.96. The molecule has 0 N–H and O–H groups in total. The second-order valence-electron chi connectivity index (χ2n) is 9.81. The van der Waals surface area contributed by atoms with Crippen molar-refractivity contribution in [3.63, 3.8) is 0 Å². The fourth-order valence-corrected chi connectivity index (χ4v) is 5.59. The third-order valence-corrected chi connectivity index (χ3v) is 7.44. The minimum absolute atomic E-state index is 0.631. The predicted molar refractivity (Wildman–Crippen MR) is 162 cm³/mol. The Bertz CT molecular complexity index is 2090. The summed E-state index contributed by atoms with van der Waals surface area (Å²) in [4.78, 5) is 10.3. The topological polar surface area (TPSA) is 48.5 Å². The summed E-state index contributed by atoms with van der Waals surface area (Å²) in [5.41, 5.74) is 8.01.